The van der Waals surface area contributed by atoms with E-state index in [-0.39, 0.29) is 34.3 Å². The summed E-state index contributed by atoms with van der Waals surface area (Å²) in [7, 11) is 0. The fourth-order valence-electron chi connectivity index (χ4n) is 2.65. The number of nitrogens with zero attached hydrogens (tertiary/aromatic N) is 3. The first-order valence-electron chi connectivity index (χ1n) is 7.45. The third-order valence-electron chi connectivity index (χ3n) is 3.66. The number of rotatable bonds is 4. The first-order valence-corrected chi connectivity index (χ1v) is 7.45. The third-order valence-corrected chi connectivity index (χ3v) is 3.66. The molecule has 0 unspecified atom stereocenters. The highest BCUT2D eigenvalue weighted by Crippen LogP contribution is 2.32. The molecule has 0 fully saturated rings. The average Bonchev–Trinajstić information content (AvgIpc) is 2.91. The van der Waals surface area contributed by atoms with E-state index in [0.717, 1.165) is 4.68 Å². The van der Waals surface area contributed by atoms with Crippen LogP contribution in [0.15, 0.2) is 30.3 Å². The van der Waals surface area contributed by atoms with E-state index in [1.54, 1.807) is 0 Å². The van der Waals surface area contributed by atoms with Gasteiger partial charge < -0.3 is 10.2 Å². The van der Waals surface area contributed by atoms with Crippen molar-refractivity contribution in [3.8, 4) is 11.1 Å². The van der Waals surface area contributed by atoms with Gasteiger partial charge in [-0.3, -0.25) is 0 Å². The molecule has 2 N–H and O–H groups in total. The Kier molecular flexibility index (Phi) is 4.00. The van der Waals surface area contributed by atoms with Gasteiger partial charge in [-0.2, -0.15) is 0 Å². The molecule has 0 radical (unpaired) electrons. The topological polar surface area (TPSA) is 88.2 Å². The number of aromatic carboxylic acids is 1. The second-order valence-corrected chi connectivity index (χ2v) is 6.33. The van der Waals surface area contributed by atoms with Crippen molar-refractivity contribution in [1.29, 1.82) is 0 Å². The normalized spacial score (nSPS) is 11.9. The lowest BCUT2D eigenvalue weighted by molar-refractivity contribution is 0.0582. The molecule has 6 nitrogen and oxygen atoms in total. The molecule has 2 aromatic carbocycles. The number of aromatic nitrogens is 3. The van der Waals surface area contributed by atoms with E-state index >= 15 is 0 Å². The summed E-state index contributed by atoms with van der Waals surface area (Å²) in [5, 5.41) is 26.7. The highest BCUT2D eigenvalue weighted by Gasteiger charge is 2.24. The van der Waals surface area contributed by atoms with E-state index in [4.69, 9.17) is 0 Å². The van der Waals surface area contributed by atoms with Gasteiger partial charge in [0, 0.05) is 5.56 Å². The average molecular weight is 347 g/mol. The smallest absolute Gasteiger partial charge is 0.336 e. The van der Waals surface area contributed by atoms with E-state index in [2.05, 4.69) is 10.3 Å². The Hall–Kier alpha value is -2.87. The summed E-state index contributed by atoms with van der Waals surface area (Å²) in [6.45, 7) is 2.93. The fourth-order valence-corrected chi connectivity index (χ4v) is 2.65. The van der Waals surface area contributed by atoms with Crippen LogP contribution in [0.1, 0.15) is 24.2 Å². The lowest BCUT2D eigenvalue weighted by Gasteiger charge is -2.17. The predicted octanol–water partition coefficient (Wildman–Crippen LogP) is 2.85. The first kappa shape index (κ1) is 17.0. The van der Waals surface area contributed by atoms with Gasteiger partial charge in [-0.15, -0.1) is 5.10 Å². The molecular formula is C17H15F2N3O3. The zero-order valence-electron chi connectivity index (χ0n) is 13.5. The molecule has 1 aromatic heterocycles. The first-order chi connectivity index (χ1) is 11.7. The number of benzene rings is 2. The van der Waals surface area contributed by atoms with Crippen LogP contribution < -0.4 is 0 Å². The van der Waals surface area contributed by atoms with Crippen LogP contribution in [-0.4, -0.2) is 36.8 Å². The minimum absolute atomic E-state index is 0.0466. The summed E-state index contributed by atoms with van der Waals surface area (Å²) in [5.74, 6) is -3.64. The van der Waals surface area contributed by atoms with E-state index in [1.807, 2.05) is 0 Å². The predicted molar refractivity (Wildman–Crippen MR) is 86.1 cm³/mol. The Morgan fingerprint density at radius 2 is 1.88 bits per heavy atom. The second kappa shape index (κ2) is 5.89. The van der Waals surface area contributed by atoms with Crippen molar-refractivity contribution in [2.45, 2.75) is 26.0 Å². The summed E-state index contributed by atoms with van der Waals surface area (Å²) < 4.78 is 30.4. The summed E-state index contributed by atoms with van der Waals surface area (Å²) in [5.41, 5.74) is -1.62. The molecule has 0 aliphatic heterocycles. The van der Waals surface area contributed by atoms with Crippen LogP contribution in [-0.2, 0) is 6.54 Å². The van der Waals surface area contributed by atoms with Crippen molar-refractivity contribution in [2.24, 2.45) is 0 Å². The van der Waals surface area contributed by atoms with E-state index in [0.29, 0.717) is 0 Å². The number of carbonyl (C=O) groups is 1. The number of carboxylic acids is 1. The summed E-state index contributed by atoms with van der Waals surface area (Å²) in [4.78, 5) is 11.3. The maximum absolute atomic E-state index is 14.7. The van der Waals surface area contributed by atoms with Gasteiger partial charge >= 0.3 is 5.97 Å². The molecule has 0 bridgehead atoms. The molecule has 3 rings (SSSR count). The van der Waals surface area contributed by atoms with Crippen LogP contribution >= 0.6 is 0 Å². The lowest BCUT2D eigenvalue weighted by atomic mass is 9.98. The molecule has 25 heavy (non-hydrogen) atoms. The summed E-state index contributed by atoms with van der Waals surface area (Å²) >= 11 is 0. The van der Waals surface area contributed by atoms with Crippen LogP contribution in [0.2, 0.25) is 0 Å². The fraction of sp³-hybridized carbons (Fsp3) is 0.235. The van der Waals surface area contributed by atoms with Gasteiger partial charge in [0.1, 0.15) is 11.0 Å². The second-order valence-electron chi connectivity index (χ2n) is 6.33. The van der Waals surface area contributed by atoms with Gasteiger partial charge in [-0.1, -0.05) is 23.4 Å². The van der Waals surface area contributed by atoms with Crippen molar-refractivity contribution in [3.05, 3.63) is 47.5 Å². The maximum Gasteiger partial charge on any atom is 0.336 e. The van der Waals surface area contributed by atoms with Gasteiger partial charge in [0.25, 0.3) is 0 Å². The number of hydrogen-bond donors (Lipinski definition) is 2. The van der Waals surface area contributed by atoms with Crippen molar-refractivity contribution in [1.82, 2.24) is 15.0 Å². The van der Waals surface area contributed by atoms with Crippen molar-refractivity contribution >= 4 is 17.0 Å². The molecule has 0 atom stereocenters. The van der Waals surface area contributed by atoms with Gasteiger partial charge in [0.15, 0.2) is 11.6 Å². The van der Waals surface area contributed by atoms with Crippen LogP contribution in [0.4, 0.5) is 8.78 Å². The van der Waals surface area contributed by atoms with E-state index in [9.17, 15) is 23.8 Å². The van der Waals surface area contributed by atoms with Crippen molar-refractivity contribution in [2.75, 3.05) is 0 Å². The lowest BCUT2D eigenvalue weighted by Crippen LogP contribution is -2.27. The Balaban J connectivity index is 2.24. The highest BCUT2D eigenvalue weighted by molar-refractivity contribution is 5.97. The quantitative estimate of drug-likeness (QED) is 0.758. The molecule has 1 heterocycles. The Bertz CT molecular complexity index is 977. The molecule has 3 aromatic rings. The zero-order valence-corrected chi connectivity index (χ0v) is 13.5. The molecule has 0 aliphatic rings. The number of aliphatic hydroxyl groups is 1. The number of hydrogen-bond acceptors (Lipinski definition) is 4. The Morgan fingerprint density at radius 1 is 1.20 bits per heavy atom. The van der Waals surface area contributed by atoms with E-state index < -0.39 is 23.2 Å². The summed E-state index contributed by atoms with van der Waals surface area (Å²) in [6, 6.07) is 7.00. The van der Waals surface area contributed by atoms with Crippen LogP contribution in [0.3, 0.4) is 0 Å². The molecule has 0 amide bonds. The minimum atomic E-state index is -1.25. The summed E-state index contributed by atoms with van der Waals surface area (Å²) in [6.07, 6.45) is 0. The monoisotopic (exact) mass is 347 g/mol. The number of fused-ring (bicyclic) bond motifs is 1. The number of carboxylic acid groups (broad SMARTS) is 1. The Labute approximate surface area is 141 Å². The van der Waals surface area contributed by atoms with Crippen LogP contribution in [0.25, 0.3) is 22.2 Å². The van der Waals surface area contributed by atoms with Crippen LogP contribution in [0.5, 0.6) is 0 Å². The minimum Gasteiger partial charge on any atom is -0.478 e. The number of halogens is 2. The third kappa shape index (κ3) is 3.08. The van der Waals surface area contributed by atoms with Crippen molar-refractivity contribution in [3.63, 3.8) is 0 Å². The molecular weight excluding hydrogens is 332 g/mol. The van der Waals surface area contributed by atoms with Gasteiger partial charge in [0.2, 0.25) is 0 Å². The Morgan fingerprint density at radius 3 is 2.52 bits per heavy atom. The largest absolute Gasteiger partial charge is 0.478 e. The molecule has 0 saturated carbocycles. The van der Waals surface area contributed by atoms with E-state index in [1.165, 1.54) is 44.2 Å². The SMILES string of the molecule is CC(C)(O)Cn1nnc2cc(-c3ccccc3C(=O)O)c(F)c(F)c21. The molecule has 0 spiro atoms. The van der Waals surface area contributed by atoms with Gasteiger partial charge in [0.05, 0.1) is 17.7 Å². The maximum atomic E-state index is 14.7. The zero-order chi connectivity index (χ0) is 18.4. The standard InChI is InChI=1S/C17H15F2N3O3/c1-17(2,25)8-22-15-12(20-21-22)7-11(13(18)14(15)19)9-5-3-4-6-10(9)16(23)24/h3-7,25H,8H2,1-2H3,(H,23,24). The van der Waals surface area contributed by atoms with Crippen LogP contribution in [0, 0.1) is 11.6 Å². The van der Waals surface area contributed by atoms with Gasteiger partial charge in [-0.25, -0.2) is 18.3 Å². The molecule has 0 aliphatic carbocycles. The molecule has 8 heteroatoms. The molecule has 0 saturated heterocycles. The van der Waals surface area contributed by atoms with Crippen molar-refractivity contribution < 1.29 is 23.8 Å². The highest BCUT2D eigenvalue weighted by atomic mass is 19.2. The van der Waals surface area contributed by atoms with Gasteiger partial charge in [-0.05, 0) is 31.5 Å². The molecule has 130 valence electrons.